The molecule has 1 aromatic heterocycles. The fraction of sp³-hybridized carbons (Fsp3) is 0.267. The molecule has 0 aliphatic rings. The molecular formula is C15H17ClN2O3. The number of hydrogen-bond acceptors (Lipinski definition) is 5. The van der Waals surface area contributed by atoms with Crippen LogP contribution in [0.25, 0.3) is 0 Å². The number of hydrogen-bond donors (Lipinski definition) is 1. The van der Waals surface area contributed by atoms with Gasteiger partial charge in [0.15, 0.2) is 0 Å². The Kier molecular flexibility index (Phi) is 5.11. The van der Waals surface area contributed by atoms with Gasteiger partial charge in [-0.2, -0.15) is 0 Å². The molecule has 0 unspecified atom stereocenters. The zero-order valence-corrected chi connectivity index (χ0v) is 12.9. The smallest absolute Gasteiger partial charge is 0.131 e. The van der Waals surface area contributed by atoms with Gasteiger partial charge in [-0.25, -0.2) is 0 Å². The van der Waals surface area contributed by atoms with Gasteiger partial charge in [0.2, 0.25) is 0 Å². The maximum Gasteiger partial charge on any atom is 0.131 e. The van der Waals surface area contributed by atoms with Crippen LogP contribution in [0, 0.1) is 0 Å². The van der Waals surface area contributed by atoms with Gasteiger partial charge in [0.25, 0.3) is 0 Å². The van der Waals surface area contributed by atoms with E-state index in [4.69, 9.17) is 25.8 Å². The zero-order valence-electron chi connectivity index (χ0n) is 12.1. The molecule has 2 aromatic rings. The first-order chi connectivity index (χ1) is 10.2. The largest absolute Gasteiger partial charge is 0.496 e. The molecule has 2 rings (SSSR count). The average molecular weight is 309 g/mol. The number of benzene rings is 1. The number of halogens is 1. The minimum Gasteiger partial charge on any atom is -0.496 e. The van der Waals surface area contributed by atoms with Crippen LogP contribution in [0.4, 0.5) is 5.69 Å². The lowest BCUT2D eigenvalue weighted by Crippen LogP contribution is -2.05. The molecule has 5 nitrogen and oxygen atoms in total. The molecule has 6 heteroatoms. The standard InChI is InChI=1S/C15H17ClN2O3/c1-19-10-6-14(20-2)11(15(7-10)21-3)8-18-13-9-17-5-4-12(13)16/h4-7,9,18H,8H2,1-3H3. The first-order valence-electron chi connectivity index (χ1n) is 6.31. The van der Waals surface area contributed by atoms with Crippen LogP contribution in [-0.2, 0) is 6.54 Å². The number of nitrogens with zero attached hydrogens (tertiary/aromatic N) is 1. The average Bonchev–Trinajstić information content (AvgIpc) is 2.53. The number of methoxy groups -OCH3 is 3. The van der Waals surface area contributed by atoms with E-state index in [1.165, 1.54) is 0 Å². The van der Waals surface area contributed by atoms with Gasteiger partial charge in [-0.05, 0) is 6.07 Å². The van der Waals surface area contributed by atoms with Crippen LogP contribution < -0.4 is 19.5 Å². The van der Waals surface area contributed by atoms with Crippen molar-refractivity contribution >= 4 is 17.3 Å². The Morgan fingerprint density at radius 3 is 2.29 bits per heavy atom. The molecule has 1 N–H and O–H groups in total. The van der Waals surface area contributed by atoms with Crippen molar-refractivity contribution < 1.29 is 14.2 Å². The minimum atomic E-state index is 0.488. The highest BCUT2D eigenvalue weighted by Crippen LogP contribution is 2.34. The van der Waals surface area contributed by atoms with E-state index in [0.717, 1.165) is 11.3 Å². The Hall–Kier alpha value is -2.14. The fourth-order valence-electron chi connectivity index (χ4n) is 1.94. The van der Waals surface area contributed by atoms with Gasteiger partial charge in [0.1, 0.15) is 17.2 Å². The van der Waals surface area contributed by atoms with Gasteiger partial charge in [-0.3, -0.25) is 4.98 Å². The van der Waals surface area contributed by atoms with E-state index in [1.807, 2.05) is 12.1 Å². The van der Waals surface area contributed by atoms with Crippen molar-refractivity contribution in [1.29, 1.82) is 0 Å². The molecule has 112 valence electrons. The summed E-state index contributed by atoms with van der Waals surface area (Å²) in [6.45, 7) is 0.488. The van der Waals surface area contributed by atoms with E-state index >= 15 is 0 Å². The summed E-state index contributed by atoms with van der Waals surface area (Å²) in [6, 6.07) is 5.35. The maximum absolute atomic E-state index is 6.10. The van der Waals surface area contributed by atoms with Gasteiger partial charge in [0, 0.05) is 24.9 Å². The van der Waals surface area contributed by atoms with Crippen LogP contribution in [0.1, 0.15) is 5.56 Å². The summed E-state index contributed by atoms with van der Waals surface area (Å²) in [5, 5.41) is 3.83. The lowest BCUT2D eigenvalue weighted by atomic mass is 10.1. The number of nitrogens with one attached hydrogen (secondary N) is 1. The lowest BCUT2D eigenvalue weighted by molar-refractivity contribution is 0.369. The van der Waals surface area contributed by atoms with E-state index < -0.39 is 0 Å². The molecular weight excluding hydrogens is 292 g/mol. The van der Waals surface area contributed by atoms with E-state index in [1.54, 1.807) is 39.8 Å². The first-order valence-corrected chi connectivity index (χ1v) is 6.69. The Balaban J connectivity index is 2.28. The summed E-state index contributed by atoms with van der Waals surface area (Å²) < 4.78 is 16.0. The second kappa shape index (κ2) is 7.04. The first kappa shape index (κ1) is 15.3. The third kappa shape index (κ3) is 3.49. The monoisotopic (exact) mass is 308 g/mol. The van der Waals surface area contributed by atoms with Crippen LogP contribution in [0.3, 0.4) is 0 Å². The molecule has 0 saturated carbocycles. The van der Waals surface area contributed by atoms with E-state index in [9.17, 15) is 0 Å². The van der Waals surface area contributed by atoms with Crippen molar-refractivity contribution in [2.24, 2.45) is 0 Å². The maximum atomic E-state index is 6.10. The molecule has 0 saturated heterocycles. The highest BCUT2D eigenvalue weighted by atomic mass is 35.5. The molecule has 0 radical (unpaired) electrons. The molecule has 0 fully saturated rings. The van der Waals surface area contributed by atoms with Crippen LogP contribution in [0.15, 0.2) is 30.6 Å². The highest BCUT2D eigenvalue weighted by Gasteiger charge is 2.13. The van der Waals surface area contributed by atoms with Crippen LogP contribution in [0.5, 0.6) is 17.2 Å². The zero-order chi connectivity index (χ0) is 15.2. The number of anilines is 1. The third-order valence-corrected chi connectivity index (χ3v) is 3.37. The van der Waals surface area contributed by atoms with E-state index in [0.29, 0.717) is 28.8 Å². The third-order valence-electron chi connectivity index (χ3n) is 3.04. The summed E-state index contributed by atoms with van der Waals surface area (Å²) in [4.78, 5) is 4.04. The summed E-state index contributed by atoms with van der Waals surface area (Å²) >= 11 is 6.10. The summed E-state index contributed by atoms with van der Waals surface area (Å²) in [6.07, 6.45) is 3.31. The molecule has 1 heterocycles. The second-order valence-corrected chi connectivity index (χ2v) is 4.63. The van der Waals surface area contributed by atoms with Crippen LogP contribution >= 0.6 is 11.6 Å². The topological polar surface area (TPSA) is 52.6 Å². The highest BCUT2D eigenvalue weighted by molar-refractivity contribution is 6.33. The van der Waals surface area contributed by atoms with E-state index in [2.05, 4.69) is 10.3 Å². The van der Waals surface area contributed by atoms with Crippen LogP contribution in [0.2, 0.25) is 5.02 Å². The quantitative estimate of drug-likeness (QED) is 0.886. The molecule has 1 aromatic carbocycles. The normalized spacial score (nSPS) is 10.1. The Bertz CT molecular complexity index is 595. The summed E-state index contributed by atoms with van der Waals surface area (Å²) in [5.41, 5.74) is 1.62. The number of aromatic nitrogens is 1. The molecule has 0 atom stereocenters. The van der Waals surface area contributed by atoms with Crippen molar-refractivity contribution in [2.45, 2.75) is 6.54 Å². The number of rotatable bonds is 6. The molecule has 0 spiro atoms. The minimum absolute atomic E-state index is 0.488. The molecule has 0 aliphatic carbocycles. The van der Waals surface area contributed by atoms with Gasteiger partial charge >= 0.3 is 0 Å². The fourth-order valence-corrected chi connectivity index (χ4v) is 2.12. The molecule has 21 heavy (non-hydrogen) atoms. The SMILES string of the molecule is COc1cc(OC)c(CNc2cnccc2Cl)c(OC)c1. The molecule has 0 aliphatic heterocycles. The van der Waals surface area contributed by atoms with Crippen molar-refractivity contribution in [2.75, 3.05) is 26.6 Å². The summed E-state index contributed by atoms with van der Waals surface area (Å²) in [7, 11) is 4.81. The Labute approximate surface area is 128 Å². The van der Waals surface area contributed by atoms with Gasteiger partial charge in [0.05, 0.1) is 43.8 Å². The number of pyridine rings is 1. The van der Waals surface area contributed by atoms with Crippen molar-refractivity contribution in [3.63, 3.8) is 0 Å². The predicted molar refractivity (Wildman–Crippen MR) is 82.7 cm³/mol. The molecule has 0 bridgehead atoms. The van der Waals surface area contributed by atoms with Gasteiger partial charge in [-0.15, -0.1) is 0 Å². The summed E-state index contributed by atoms with van der Waals surface area (Å²) in [5.74, 6) is 2.03. The van der Waals surface area contributed by atoms with Crippen LogP contribution in [-0.4, -0.2) is 26.3 Å². The lowest BCUT2D eigenvalue weighted by Gasteiger charge is -2.16. The van der Waals surface area contributed by atoms with Crippen molar-refractivity contribution in [3.05, 3.63) is 41.2 Å². The Morgan fingerprint density at radius 2 is 1.76 bits per heavy atom. The van der Waals surface area contributed by atoms with E-state index in [-0.39, 0.29) is 0 Å². The molecule has 0 amide bonds. The van der Waals surface area contributed by atoms with Crippen molar-refractivity contribution in [3.8, 4) is 17.2 Å². The predicted octanol–water partition coefficient (Wildman–Crippen LogP) is 3.37. The second-order valence-electron chi connectivity index (χ2n) is 4.22. The number of ether oxygens (including phenoxy) is 3. The van der Waals surface area contributed by atoms with Gasteiger partial charge < -0.3 is 19.5 Å². The Morgan fingerprint density at radius 1 is 1.10 bits per heavy atom. The van der Waals surface area contributed by atoms with Gasteiger partial charge in [-0.1, -0.05) is 11.6 Å². The van der Waals surface area contributed by atoms with Crippen molar-refractivity contribution in [1.82, 2.24) is 4.98 Å².